The fourth-order valence-electron chi connectivity index (χ4n) is 3.66. The average Bonchev–Trinajstić information content (AvgIpc) is 2.57. The SMILES string of the molecule is Cc1ccc([C@H](C2CCOCC2)N2CCNCC2)c(O)c1F.Cl.Cl. The molecular formula is C17H27Cl2FN2O2. The van der Waals surface area contributed by atoms with Crippen molar-refractivity contribution in [3.05, 3.63) is 29.1 Å². The molecule has 2 N–H and O–H groups in total. The lowest BCUT2D eigenvalue weighted by Gasteiger charge is -2.41. The number of nitrogens with zero attached hydrogens (tertiary/aromatic N) is 1. The molecular weight excluding hydrogens is 354 g/mol. The van der Waals surface area contributed by atoms with Crippen molar-refractivity contribution in [2.75, 3.05) is 39.4 Å². The molecule has 1 aromatic rings. The van der Waals surface area contributed by atoms with E-state index in [2.05, 4.69) is 10.2 Å². The minimum atomic E-state index is -0.482. The monoisotopic (exact) mass is 380 g/mol. The molecule has 2 heterocycles. The van der Waals surface area contributed by atoms with Gasteiger partial charge in [0.25, 0.3) is 0 Å². The number of phenolic OH excluding ortho intramolecular Hbond substituents is 1. The highest BCUT2D eigenvalue weighted by Crippen LogP contribution is 2.40. The Balaban J connectivity index is 0.00000144. The number of hydrogen-bond acceptors (Lipinski definition) is 4. The minimum absolute atomic E-state index is 0. The fourth-order valence-corrected chi connectivity index (χ4v) is 3.66. The molecule has 0 bridgehead atoms. The number of aryl methyl sites for hydroxylation is 1. The van der Waals surface area contributed by atoms with E-state index >= 15 is 0 Å². The zero-order valence-corrected chi connectivity index (χ0v) is 15.6. The average molecular weight is 381 g/mol. The number of halogens is 3. The highest BCUT2D eigenvalue weighted by molar-refractivity contribution is 5.85. The first-order chi connectivity index (χ1) is 10.7. The Labute approximate surface area is 155 Å². The molecule has 2 saturated heterocycles. The second-order valence-electron chi connectivity index (χ2n) is 6.31. The van der Waals surface area contributed by atoms with Gasteiger partial charge in [-0.25, -0.2) is 4.39 Å². The van der Waals surface area contributed by atoms with Crippen molar-refractivity contribution in [2.45, 2.75) is 25.8 Å². The predicted octanol–water partition coefficient (Wildman–Crippen LogP) is 3.06. The Kier molecular flexibility index (Phi) is 8.74. The van der Waals surface area contributed by atoms with Crippen LogP contribution in [0.2, 0.25) is 0 Å². The number of phenols is 1. The molecule has 4 nitrogen and oxygen atoms in total. The number of benzene rings is 1. The van der Waals surface area contributed by atoms with Crippen LogP contribution in [0.4, 0.5) is 4.39 Å². The molecule has 0 saturated carbocycles. The second-order valence-corrected chi connectivity index (χ2v) is 6.31. The fraction of sp³-hybridized carbons (Fsp3) is 0.647. The van der Waals surface area contributed by atoms with Crippen LogP contribution >= 0.6 is 24.8 Å². The number of aromatic hydroxyl groups is 1. The summed E-state index contributed by atoms with van der Waals surface area (Å²) in [5, 5.41) is 13.7. The van der Waals surface area contributed by atoms with Crippen LogP contribution in [0.1, 0.15) is 30.0 Å². The van der Waals surface area contributed by atoms with Gasteiger partial charge in [0.05, 0.1) is 0 Å². The van der Waals surface area contributed by atoms with Crippen LogP contribution in [-0.2, 0) is 4.74 Å². The number of rotatable bonds is 3. The number of ether oxygens (including phenoxy) is 1. The normalized spacial score (nSPS) is 20.8. The summed E-state index contributed by atoms with van der Waals surface area (Å²) < 4.78 is 19.7. The molecule has 0 aliphatic carbocycles. The largest absolute Gasteiger partial charge is 0.505 e. The van der Waals surface area contributed by atoms with Crippen LogP contribution in [0.15, 0.2) is 12.1 Å². The number of nitrogens with one attached hydrogen (secondary N) is 1. The maximum atomic E-state index is 14.2. The molecule has 0 radical (unpaired) electrons. The summed E-state index contributed by atoms with van der Waals surface area (Å²) in [6.07, 6.45) is 1.92. The van der Waals surface area contributed by atoms with Gasteiger partial charge in [-0.15, -0.1) is 24.8 Å². The molecule has 2 fully saturated rings. The Bertz CT molecular complexity index is 504. The Hall–Kier alpha value is -0.590. The lowest BCUT2D eigenvalue weighted by Crippen LogP contribution is -2.47. The van der Waals surface area contributed by atoms with Crippen molar-refractivity contribution >= 4 is 24.8 Å². The zero-order chi connectivity index (χ0) is 15.5. The Morgan fingerprint density at radius 1 is 1.21 bits per heavy atom. The minimum Gasteiger partial charge on any atom is -0.505 e. The molecule has 1 atom stereocenters. The van der Waals surface area contributed by atoms with E-state index in [1.54, 1.807) is 13.0 Å². The quantitative estimate of drug-likeness (QED) is 0.845. The van der Waals surface area contributed by atoms with Crippen LogP contribution < -0.4 is 5.32 Å². The maximum absolute atomic E-state index is 14.2. The summed E-state index contributed by atoms with van der Waals surface area (Å²) in [7, 11) is 0. The highest BCUT2D eigenvalue weighted by Gasteiger charge is 2.33. The third-order valence-corrected chi connectivity index (χ3v) is 4.92. The van der Waals surface area contributed by atoms with Crippen molar-refractivity contribution in [2.24, 2.45) is 5.92 Å². The molecule has 138 valence electrons. The summed E-state index contributed by atoms with van der Waals surface area (Å²) in [6.45, 7) is 6.93. The highest BCUT2D eigenvalue weighted by atomic mass is 35.5. The molecule has 2 aliphatic heterocycles. The molecule has 0 spiro atoms. The summed E-state index contributed by atoms with van der Waals surface area (Å²) >= 11 is 0. The first-order valence-electron chi connectivity index (χ1n) is 8.19. The molecule has 7 heteroatoms. The lowest BCUT2D eigenvalue weighted by atomic mass is 9.84. The van der Waals surface area contributed by atoms with Crippen molar-refractivity contribution < 1.29 is 14.2 Å². The van der Waals surface area contributed by atoms with Gasteiger partial charge < -0.3 is 15.2 Å². The van der Waals surface area contributed by atoms with Crippen LogP contribution in [0, 0.1) is 18.7 Å². The zero-order valence-electron chi connectivity index (χ0n) is 14.0. The van der Waals surface area contributed by atoms with E-state index < -0.39 is 5.82 Å². The molecule has 3 rings (SSSR count). The smallest absolute Gasteiger partial charge is 0.168 e. The predicted molar refractivity (Wildman–Crippen MR) is 98.0 cm³/mol. The number of piperazine rings is 1. The van der Waals surface area contributed by atoms with Gasteiger partial charge in [0.2, 0.25) is 0 Å². The first kappa shape index (κ1) is 21.5. The van der Waals surface area contributed by atoms with Gasteiger partial charge in [-0.05, 0) is 31.2 Å². The van der Waals surface area contributed by atoms with Crippen LogP contribution in [0.3, 0.4) is 0 Å². The van der Waals surface area contributed by atoms with E-state index in [0.717, 1.165) is 57.8 Å². The van der Waals surface area contributed by atoms with Gasteiger partial charge in [-0.1, -0.05) is 12.1 Å². The Morgan fingerprint density at radius 3 is 2.46 bits per heavy atom. The van der Waals surface area contributed by atoms with Crippen LogP contribution in [0.5, 0.6) is 5.75 Å². The van der Waals surface area contributed by atoms with Gasteiger partial charge in [-0.2, -0.15) is 0 Å². The number of hydrogen-bond donors (Lipinski definition) is 2. The summed E-state index contributed by atoms with van der Waals surface area (Å²) in [5.41, 5.74) is 1.23. The van der Waals surface area contributed by atoms with Gasteiger partial charge >= 0.3 is 0 Å². The van der Waals surface area contributed by atoms with E-state index in [0.29, 0.717) is 11.5 Å². The van der Waals surface area contributed by atoms with Crippen molar-refractivity contribution in [1.29, 1.82) is 0 Å². The Morgan fingerprint density at radius 2 is 1.83 bits per heavy atom. The molecule has 2 aliphatic rings. The van der Waals surface area contributed by atoms with E-state index in [9.17, 15) is 9.50 Å². The third-order valence-electron chi connectivity index (χ3n) is 4.92. The molecule has 0 unspecified atom stereocenters. The first-order valence-corrected chi connectivity index (χ1v) is 8.19. The maximum Gasteiger partial charge on any atom is 0.168 e. The van der Waals surface area contributed by atoms with Gasteiger partial charge in [0.1, 0.15) is 0 Å². The summed E-state index contributed by atoms with van der Waals surface area (Å²) in [5.74, 6) is -0.250. The standard InChI is InChI=1S/C17H25FN2O2.2ClH/c1-12-2-3-14(17(21)15(12)18)16(13-4-10-22-11-5-13)20-8-6-19-7-9-20;;/h2-3,13,16,19,21H,4-11H2,1H3;2*1H/t16-;;/m0../s1. The topological polar surface area (TPSA) is 44.7 Å². The summed E-state index contributed by atoms with van der Waals surface area (Å²) in [4.78, 5) is 2.39. The summed E-state index contributed by atoms with van der Waals surface area (Å²) in [6, 6.07) is 3.75. The molecule has 0 aromatic heterocycles. The molecule has 1 aromatic carbocycles. The van der Waals surface area contributed by atoms with Crippen molar-refractivity contribution in [1.82, 2.24) is 10.2 Å². The van der Waals surface area contributed by atoms with Crippen LogP contribution in [0.25, 0.3) is 0 Å². The second kappa shape index (κ2) is 9.78. The van der Waals surface area contributed by atoms with Crippen LogP contribution in [-0.4, -0.2) is 49.4 Å². The van der Waals surface area contributed by atoms with E-state index in [-0.39, 0.29) is 36.6 Å². The van der Waals surface area contributed by atoms with E-state index in [1.165, 1.54) is 0 Å². The molecule has 0 amide bonds. The van der Waals surface area contributed by atoms with Gasteiger partial charge in [0.15, 0.2) is 11.6 Å². The van der Waals surface area contributed by atoms with Crippen molar-refractivity contribution in [3.63, 3.8) is 0 Å². The van der Waals surface area contributed by atoms with E-state index in [1.807, 2.05) is 6.07 Å². The third kappa shape index (κ3) is 4.52. The van der Waals surface area contributed by atoms with Gasteiger partial charge in [0, 0.05) is 51.0 Å². The molecule has 24 heavy (non-hydrogen) atoms. The van der Waals surface area contributed by atoms with Gasteiger partial charge in [-0.3, -0.25) is 4.90 Å². The lowest BCUT2D eigenvalue weighted by molar-refractivity contribution is 0.0205. The van der Waals surface area contributed by atoms with E-state index in [4.69, 9.17) is 4.74 Å². The van der Waals surface area contributed by atoms with Crippen molar-refractivity contribution in [3.8, 4) is 5.75 Å².